The molecule has 1 heterocycles. The summed E-state index contributed by atoms with van der Waals surface area (Å²) in [6, 6.07) is 2.64. The molecule has 0 radical (unpaired) electrons. The number of aliphatic carboxylic acids is 1. The highest BCUT2D eigenvalue weighted by Crippen LogP contribution is 2.22. The second-order valence-corrected chi connectivity index (χ2v) is 5.79. The van der Waals surface area contributed by atoms with Crippen LogP contribution in [0.5, 0.6) is 0 Å². The lowest BCUT2D eigenvalue weighted by Gasteiger charge is -2.16. The Morgan fingerprint density at radius 3 is 2.56 bits per heavy atom. The van der Waals surface area contributed by atoms with Gasteiger partial charge in [0.1, 0.15) is 6.04 Å². The van der Waals surface area contributed by atoms with Gasteiger partial charge in [-0.2, -0.15) is 0 Å². The number of amides is 1. The minimum Gasteiger partial charge on any atom is -0.480 e. The molecule has 18 heavy (non-hydrogen) atoms. The van der Waals surface area contributed by atoms with Gasteiger partial charge >= 0.3 is 5.97 Å². The summed E-state index contributed by atoms with van der Waals surface area (Å²) in [5.41, 5.74) is 0. The van der Waals surface area contributed by atoms with Crippen LogP contribution < -0.4 is 5.32 Å². The second-order valence-electron chi connectivity index (χ2n) is 4.04. The van der Waals surface area contributed by atoms with Crippen LogP contribution in [0.15, 0.2) is 18.2 Å². The van der Waals surface area contributed by atoms with Crippen molar-refractivity contribution in [2.24, 2.45) is 5.92 Å². The standard InChI is InChI=1S/C12H14ClNO3S/c1-7(2)11(12(16)17)14-10(15)6-4-8-3-5-9(13)18-8/h3-7,11H,1-2H3,(H,14,15)(H,16,17)/b6-4+/t11-/m0/s1. The van der Waals surface area contributed by atoms with Gasteiger partial charge < -0.3 is 10.4 Å². The Bertz CT molecular complexity index is 468. The fourth-order valence-electron chi connectivity index (χ4n) is 1.29. The number of thiophene rings is 1. The third-order valence-electron chi connectivity index (χ3n) is 2.22. The Morgan fingerprint density at radius 2 is 2.11 bits per heavy atom. The van der Waals surface area contributed by atoms with Crippen molar-refractivity contribution in [3.63, 3.8) is 0 Å². The lowest BCUT2D eigenvalue weighted by molar-refractivity contribution is -0.142. The molecule has 2 N–H and O–H groups in total. The molecule has 1 aromatic rings. The van der Waals surface area contributed by atoms with Gasteiger partial charge in [0.05, 0.1) is 4.34 Å². The molecule has 0 aliphatic heterocycles. The SMILES string of the molecule is CC(C)[C@H](NC(=O)/C=C/c1ccc(Cl)s1)C(=O)O. The summed E-state index contributed by atoms with van der Waals surface area (Å²) in [5, 5.41) is 11.4. The summed E-state index contributed by atoms with van der Waals surface area (Å²) in [6.07, 6.45) is 2.91. The van der Waals surface area contributed by atoms with E-state index in [0.29, 0.717) is 4.34 Å². The van der Waals surface area contributed by atoms with Crippen LogP contribution in [-0.4, -0.2) is 23.0 Å². The van der Waals surface area contributed by atoms with Gasteiger partial charge in [0.25, 0.3) is 0 Å². The molecular weight excluding hydrogens is 274 g/mol. The molecule has 0 saturated heterocycles. The van der Waals surface area contributed by atoms with Crippen LogP contribution in [-0.2, 0) is 9.59 Å². The monoisotopic (exact) mass is 287 g/mol. The summed E-state index contributed by atoms with van der Waals surface area (Å²) < 4.78 is 0.639. The fraction of sp³-hybridized carbons (Fsp3) is 0.333. The molecule has 0 aliphatic carbocycles. The van der Waals surface area contributed by atoms with E-state index in [1.807, 2.05) is 0 Å². The number of hydrogen-bond donors (Lipinski definition) is 2. The molecule has 1 rings (SSSR count). The fourth-order valence-corrected chi connectivity index (χ4v) is 2.25. The van der Waals surface area contributed by atoms with Crippen LogP contribution >= 0.6 is 22.9 Å². The van der Waals surface area contributed by atoms with Crippen molar-refractivity contribution in [1.82, 2.24) is 5.32 Å². The maximum Gasteiger partial charge on any atom is 0.326 e. The summed E-state index contributed by atoms with van der Waals surface area (Å²) in [4.78, 5) is 23.3. The summed E-state index contributed by atoms with van der Waals surface area (Å²) in [7, 11) is 0. The van der Waals surface area contributed by atoms with Crippen molar-refractivity contribution in [2.45, 2.75) is 19.9 Å². The maximum atomic E-state index is 11.6. The van der Waals surface area contributed by atoms with Gasteiger partial charge in [0.2, 0.25) is 5.91 Å². The average Bonchev–Trinajstić information content (AvgIpc) is 2.68. The van der Waals surface area contributed by atoms with Crippen LogP contribution in [0.2, 0.25) is 4.34 Å². The van der Waals surface area contributed by atoms with Gasteiger partial charge in [-0.25, -0.2) is 4.79 Å². The molecular formula is C12H14ClNO3S. The normalized spacial score (nSPS) is 12.9. The number of halogens is 1. The van der Waals surface area contributed by atoms with Crippen LogP contribution in [0, 0.1) is 5.92 Å². The van der Waals surface area contributed by atoms with Crippen molar-refractivity contribution >= 4 is 40.9 Å². The Kier molecular flexibility index (Phi) is 5.37. The number of rotatable bonds is 5. The van der Waals surface area contributed by atoms with Gasteiger partial charge in [-0.15, -0.1) is 11.3 Å². The number of carbonyl (C=O) groups excluding carboxylic acids is 1. The molecule has 1 aromatic heterocycles. The number of nitrogens with one attached hydrogen (secondary N) is 1. The van der Waals surface area contributed by atoms with Crippen molar-refractivity contribution in [1.29, 1.82) is 0 Å². The van der Waals surface area contributed by atoms with Gasteiger partial charge in [-0.05, 0) is 24.1 Å². The third-order valence-corrected chi connectivity index (χ3v) is 3.42. The van der Waals surface area contributed by atoms with Crippen LogP contribution in [0.1, 0.15) is 18.7 Å². The largest absolute Gasteiger partial charge is 0.480 e. The van der Waals surface area contributed by atoms with Crippen LogP contribution in [0.4, 0.5) is 0 Å². The Balaban J connectivity index is 2.60. The van der Waals surface area contributed by atoms with E-state index in [1.54, 1.807) is 32.1 Å². The van der Waals surface area contributed by atoms with Crippen LogP contribution in [0.3, 0.4) is 0 Å². The Labute approximate surface area is 114 Å². The molecule has 1 amide bonds. The molecule has 0 aromatic carbocycles. The number of carbonyl (C=O) groups is 2. The molecule has 0 saturated carbocycles. The quantitative estimate of drug-likeness (QED) is 0.818. The van der Waals surface area contributed by atoms with E-state index in [9.17, 15) is 9.59 Å². The van der Waals surface area contributed by atoms with E-state index in [-0.39, 0.29) is 5.92 Å². The number of carboxylic acids is 1. The predicted octanol–water partition coefficient (Wildman–Crippen LogP) is 2.64. The van der Waals surface area contributed by atoms with Gasteiger partial charge in [0.15, 0.2) is 0 Å². The Morgan fingerprint density at radius 1 is 1.44 bits per heavy atom. The van der Waals surface area contributed by atoms with Gasteiger partial charge in [0, 0.05) is 11.0 Å². The first-order valence-electron chi connectivity index (χ1n) is 5.37. The topological polar surface area (TPSA) is 66.4 Å². The van der Waals surface area contributed by atoms with E-state index in [4.69, 9.17) is 16.7 Å². The number of hydrogen-bond acceptors (Lipinski definition) is 3. The minimum atomic E-state index is -1.04. The van der Waals surface area contributed by atoms with E-state index < -0.39 is 17.9 Å². The van der Waals surface area contributed by atoms with Gasteiger partial charge in [-0.1, -0.05) is 25.4 Å². The first kappa shape index (κ1) is 14.7. The highest BCUT2D eigenvalue weighted by Gasteiger charge is 2.22. The summed E-state index contributed by atoms with van der Waals surface area (Å²) in [6.45, 7) is 3.48. The molecule has 6 heteroatoms. The number of carboxylic acid groups (broad SMARTS) is 1. The first-order chi connectivity index (χ1) is 8.40. The van der Waals surface area contributed by atoms with Crippen molar-refractivity contribution in [3.05, 3.63) is 27.4 Å². The van der Waals surface area contributed by atoms with Crippen LogP contribution in [0.25, 0.3) is 6.08 Å². The third kappa shape index (κ3) is 4.50. The highest BCUT2D eigenvalue weighted by atomic mass is 35.5. The van der Waals surface area contributed by atoms with Crippen molar-refractivity contribution < 1.29 is 14.7 Å². The molecule has 1 atom stereocenters. The highest BCUT2D eigenvalue weighted by molar-refractivity contribution is 7.17. The van der Waals surface area contributed by atoms with E-state index in [0.717, 1.165) is 4.88 Å². The first-order valence-corrected chi connectivity index (χ1v) is 6.56. The smallest absolute Gasteiger partial charge is 0.326 e. The van der Waals surface area contributed by atoms with E-state index >= 15 is 0 Å². The molecule has 98 valence electrons. The zero-order valence-corrected chi connectivity index (χ0v) is 11.6. The van der Waals surface area contributed by atoms with Crippen molar-refractivity contribution in [3.8, 4) is 0 Å². The zero-order chi connectivity index (χ0) is 13.7. The Hall–Kier alpha value is -1.33. The molecule has 0 fully saturated rings. The zero-order valence-electron chi connectivity index (χ0n) is 10.0. The molecule has 0 spiro atoms. The lowest BCUT2D eigenvalue weighted by Crippen LogP contribution is -2.43. The lowest BCUT2D eigenvalue weighted by atomic mass is 10.0. The average molecular weight is 288 g/mol. The molecule has 4 nitrogen and oxygen atoms in total. The molecule has 0 bridgehead atoms. The molecule has 0 unspecified atom stereocenters. The predicted molar refractivity (Wildman–Crippen MR) is 72.8 cm³/mol. The second kappa shape index (κ2) is 6.56. The van der Waals surface area contributed by atoms with E-state index in [2.05, 4.69) is 5.32 Å². The minimum absolute atomic E-state index is 0.170. The summed E-state index contributed by atoms with van der Waals surface area (Å²) in [5.74, 6) is -1.64. The van der Waals surface area contributed by atoms with E-state index in [1.165, 1.54) is 17.4 Å². The summed E-state index contributed by atoms with van der Waals surface area (Å²) >= 11 is 7.09. The maximum absolute atomic E-state index is 11.6. The molecule has 0 aliphatic rings. The van der Waals surface area contributed by atoms with Crippen molar-refractivity contribution in [2.75, 3.05) is 0 Å². The van der Waals surface area contributed by atoms with Gasteiger partial charge in [-0.3, -0.25) is 4.79 Å².